The van der Waals surface area contributed by atoms with Gasteiger partial charge in [0.25, 0.3) is 15.7 Å². The molecule has 0 unspecified atom stereocenters. The number of carboxylic acids is 1. The zero-order valence-corrected chi connectivity index (χ0v) is 11.3. The van der Waals surface area contributed by atoms with E-state index in [1.54, 1.807) is 4.72 Å². The van der Waals surface area contributed by atoms with Gasteiger partial charge in [-0.1, -0.05) is 11.6 Å². The van der Waals surface area contributed by atoms with Crippen LogP contribution in [0.1, 0.15) is 0 Å². The monoisotopic (exact) mass is 330 g/mol. The molecule has 106 valence electrons. The smallest absolute Gasteiger partial charge is 0.324 e. The summed E-state index contributed by atoms with van der Waals surface area (Å²) in [6, 6.07) is -1.03. The first-order valence-electron chi connectivity index (χ1n) is 4.48. The molecular weight excluding hydrogens is 324 g/mol. The van der Waals surface area contributed by atoms with Crippen molar-refractivity contribution in [3.63, 3.8) is 0 Å². The van der Waals surface area contributed by atoms with E-state index in [1.807, 2.05) is 0 Å². The fraction of sp³-hybridized carbons (Fsp3) is 0.286. The van der Waals surface area contributed by atoms with E-state index in [-0.39, 0.29) is 4.34 Å². The normalized spacial score (nSPS) is 13.2. The predicted octanol–water partition coefficient (Wildman–Crippen LogP) is 0.0335. The number of thiophene rings is 1. The van der Waals surface area contributed by atoms with Gasteiger partial charge in [-0.3, -0.25) is 14.9 Å². The molecule has 0 aromatic carbocycles. The minimum Gasteiger partial charge on any atom is -0.480 e. The molecule has 1 aromatic heterocycles. The zero-order chi connectivity index (χ0) is 14.8. The van der Waals surface area contributed by atoms with Crippen molar-refractivity contribution in [3.8, 4) is 0 Å². The minimum atomic E-state index is -4.31. The third-order valence-corrected chi connectivity index (χ3v) is 5.17. The Bertz CT molecular complexity index is 611. The Morgan fingerprint density at radius 3 is 2.58 bits per heavy atom. The number of nitrogens with one attached hydrogen (secondary N) is 1. The molecule has 0 fully saturated rings. The van der Waals surface area contributed by atoms with E-state index >= 15 is 0 Å². The molecule has 1 atom stereocenters. The Kier molecular flexibility index (Phi) is 4.81. The van der Waals surface area contributed by atoms with E-state index in [2.05, 4.69) is 0 Å². The van der Waals surface area contributed by atoms with E-state index in [4.69, 9.17) is 21.8 Å². The number of aliphatic hydroxyl groups is 1. The number of hydrogen-bond donors (Lipinski definition) is 3. The Hall–Kier alpha value is -1.27. The fourth-order valence-electron chi connectivity index (χ4n) is 1.01. The van der Waals surface area contributed by atoms with Crippen LogP contribution in [0.25, 0.3) is 0 Å². The molecule has 0 bridgehead atoms. The van der Waals surface area contributed by atoms with E-state index in [1.165, 1.54) is 0 Å². The van der Waals surface area contributed by atoms with Gasteiger partial charge >= 0.3 is 5.97 Å². The molecule has 0 saturated carbocycles. The second-order valence-electron chi connectivity index (χ2n) is 3.18. The number of aliphatic hydroxyl groups excluding tert-OH is 1. The molecule has 0 aliphatic heterocycles. The number of carbonyl (C=O) groups is 1. The summed E-state index contributed by atoms with van der Waals surface area (Å²) >= 11 is 5.91. The number of nitrogens with zero attached hydrogens (tertiary/aromatic N) is 1. The van der Waals surface area contributed by atoms with Crippen LogP contribution in [-0.2, 0) is 14.8 Å². The van der Waals surface area contributed by atoms with Gasteiger partial charge in [-0.15, -0.1) is 11.3 Å². The average Bonchev–Trinajstić information content (AvgIpc) is 2.68. The van der Waals surface area contributed by atoms with Gasteiger partial charge in [0, 0.05) is 6.07 Å². The van der Waals surface area contributed by atoms with Crippen molar-refractivity contribution in [2.45, 2.75) is 10.3 Å². The summed E-state index contributed by atoms with van der Waals surface area (Å²) in [7, 11) is -4.31. The summed E-state index contributed by atoms with van der Waals surface area (Å²) in [5.41, 5.74) is -0.595. The summed E-state index contributed by atoms with van der Waals surface area (Å²) in [6.45, 7) is -0.963. The van der Waals surface area contributed by atoms with Crippen LogP contribution in [0.3, 0.4) is 0 Å². The summed E-state index contributed by atoms with van der Waals surface area (Å²) < 4.78 is 24.3. The van der Waals surface area contributed by atoms with Crippen LogP contribution in [0.2, 0.25) is 4.34 Å². The summed E-state index contributed by atoms with van der Waals surface area (Å²) in [5.74, 6) is -1.58. The Balaban J connectivity index is 3.10. The van der Waals surface area contributed by atoms with Gasteiger partial charge in [-0.25, -0.2) is 8.42 Å². The fourth-order valence-corrected chi connectivity index (χ4v) is 3.87. The molecule has 1 rings (SSSR count). The lowest BCUT2D eigenvalue weighted by atomic mass is 10.3. The maximum absolute atomic E-state index is 11.7. The molecule has 0 amide bonds. The summed E-state index contributed by atoms with van der Waals surface area (Å²) in [5, 5.41) is 27.9. The number of hydrogen-bond acceptors (Lipinski definition) is 7. The van der Waals surface area contributed by atoms with Crippen LogP contribution in [0.4, 0.5) is 5.69 Å². The molecule has 0 aliphatic rings. The number of halogens is 1. The van der Waals surface area contributed by atoms with Gasteiger partial charge in [0.1, 0.15) is 10.3 Å². The summed E-state index contributed by atoms with van der Waals surface area (Å²) in [6.07, 6.45) is 0. The molecule has 19 heavy (non-hydrogen) atoms. The first kappa shape index (κ1) is 15.8. The molecule has 9 nitrogen and oxygen atoms in total. The lowest BCUT2D eigenvalue weighted by Gasteiger charge is -2.10. The molecule has 3 N–H and O–H groups in total. The molecule has 0 radical (unpaired) electrons. The van der Waals surface area contributed by atoms with Crippen molar-refractivity contribution >= 4 is 44.6 Å². The number of carboxylic acid groups (broad SMARTS) is 1. The lowest BCUT2D eigenvalue weighted by Crippen LogP contribution is -2.42. The lowest BCUT2D eigenvalue weighted by molar-refractivity contribution is -0.384. The van der Waals surface area contributed by atoms with E-state index in [0.717, 1.165) is 0 Å². The van der Waals surface area contributed by atoms with Gasteiger partial charge in [0.15, 0.2) is 4.34 Å². The predicted molar refractivity (Wildman–Crippen MR) is 64.8 cm³/mol. The second kappa shape index (κ2) is 5.79. The van der Waals surface area contributed by atoms with Crippen LogP contribution in [0.15, 0.2) is 10.3 Å². The van der Waals surface area contributed by atoms with E-state index in [0.29, 0.717) is 17.4 Å². The third kappa shape index (κ3) is 3.61. The van der Waals surface area contributed by atoms with E-state index in [9.17, 15) is 23.3 Å². The van der Waals surface area contributed by atoms with E-state index < -0.39 is 43.5 Å². The molecule has 0 saturated heterocycles. The van der Waals surface area contributed by atoms with Crippen molar-refractivity contribution in [1.29, 1.82) is 0 Å². The summed E-state index contributed by atoms with van der Waals surface area (Å²) in [4.78, 5) is 20.3. The van der Waals surface area contributed by atoms with Gasteiger partial charge < -0.3 is 10.2 Å². The van der Waals surface area contributed by atoms with Crippen molar-refractivity contribution in [3.05, 3.63) is 20.5 Å². The largest absolute Gasteiger partial charge is 0.480 e. The van der Waals surface area contributed by atoms with Gasteiger partial charge in [-0.05, 0) is 0 Å². The third-order valence-electron chi connectivity index (χ3n) is 1.89. The Morgan fingerprint density at radius 1 is 1.63 bits per heavy atom. The highest BCUT2D eigenvalue weighted by Crippen LogP contribution is 2.36. The average molecular weight is 331 g/mol. The number of rotatable bonds is 6. The van der Waals surface area contributed by atoms with Crippen LogP contribution < -0.4 is 4.72 Å². The zero-order valence-electron chi connectivity index (χ0n) is 8.94. The molecular formula is C7H7ClN2O7S2. The first-order chi connectivity index (χ1) is 8.69. The Labute approximate surface area is 115 Å². The molecule has 0 spiro atoms. The van der Waals surface area contributed by atoms with Crippen molar-refractivity contribution < 1.29 is 28.3 Å². The van der Waals surface area contributed by atoms with Gasteiger partial charge in [-0.2, -0.15) is 4.72 Å². The highest BCUT2D eigenvalue weighted by atomic mass is 35.5. The Morgan fingerprint density at radius 2 is 2.21 bits per heavy atom. The standard InChI is InChI=1S/C7H7ClN2O7S2/c8-6-4(10(14)15)1-5(18-6)19(16,17)9-3(2-11)7(12)13/h1,3,9,11H,2H2,(H,12,13)/t3-/m0/s1. The molecule has 1 heterocycles. The van der Waals surface area contributed by atoms with Crippen LogP contribution in [0, 0.1) is 10.1 Å². The molecule has 1 aromatic rings. The minimum absolute atomic E-state index is 0.346. The quantitative estimate of drug-likeness (QED) is 0.492. The van der Waals surface area contributed by atoms with Gasteiger partial charge in [0.2, 0.25) is 0 Å². The van der Waals surface area contributed by atoms with Crippen molar-refractivity contribution in [1.82, 2.24) is 4.72 Å². The highest BCUT2D eigenvalue weighted by molar-refractivity contribution is 7.91. The number of nitro groups is 1. The maximum Gasteiger partial charge on any atom is 0.324 e. The van der Waals surface area contributed by atoms with Crippen LogP contribution >= 0.6 is 22.9 Å². The number of aliphatic carboxylic acids is 1. The number of sulfonamides is 1. The van der Waals surface area contributed by atoms with Crippen molar-refractivity contribution in [2.24, 2.45) is 0 Å². The van der Waals surface area contributed by atoms with Gasteiger partial charge in [0.05, 0.1) is 11.5 Å². The van der Waals surface area contributed by atoms with Crippen LogP contribution in [-0.4, -0.2) is 42.2 Å². The second-order valence-corrected chi connectivity index (χ2v) is 6.77. The highest BCUT2D eigenvalue weighted by Gasteiger charge is 2.29. The topological polar surface area (TPSA) is 147 Å². The maximum atomic E-state index is 11.7. The van der Waals surface area contributed by atoms with Crippen molar-refractivity contribution in [2.75, 3.05) is 6.61 Å². The molecule has 12 heteroatoms. The SMILES string of the molecule is O=C(O)[C@H](CO)NS(=O)(=O)c1cc([N+](=O)[O-])c(Cl)s1. The van der Waals surface area contributed by atoms with Crippen LogP contribution in [0.5, 0.6) is 0 Å². The first-order valence-corrected chi connectivity index (χ1v) is 7.16. The molecule has 0 aliphatic carbocycles.